The van der Waals surface area contributed by atoms with Gasteiger partial charge in [0.05, 0.1) is 0 Å². The molecule has 0 aromatic carbocycles. The smallest absolute Gasteiger partial charge is 0.222 e. The summed E-state index contributed by atoms with van der Waals surface area (Å²) in [5, 5.41) is 3.43. The molecule has 0 aromatic rings. The van der Waals surface area contributed by atoms with E-state index < -0.39 is 0 Å². The van der Waals surface area contributed by atoms with E-state index in [1.54, 1.807) is 0 Å². The first-order chi connectivity index (χ1) is 8.66. The van der Waals surface area contributed by atoms with Gasteiger partial charge in [0.2, 0.25) is 5.91 Å². The van der Waals surface area contributed by atoms with Gasteiger partial charge >= 0.3 is 0 Å². The summed E-state index contributed by atoms with van der Waals surface area (Å²) < 4.78 is 0. The number of nitrogens with one attached hydrogen (secondary N) is 1. The fraction of sp³-hybridized carbons (Fsp3) is 0.933. The van der Waals surface area contributed by atoms with E-state index in [0.717, 1.165) is 31.8 Å². The van der Waals surface area contributed by atoms with Crippen LogP contribution in [0.25, 0.3) is 0 Å². The van der Waals surface area contributed by atoms with E-state index in [1.807, 2.05) is 0 Å². The molecule has 1 heterocycles. The predicted octanol–water partition coefficient (Wildman–Crippen LogP) is 2.56. The van der Waals surface area contributed by atoms with Gasteiger partial charge < -0.3 is 10.2 Å². The Kier molecular flexibility index (Phi) is 5.04. The minimum atomic E-state index is 0.361. The Bertz CT molecular complexity index is 274. The van der Waals surface area contributed by atoms with Gasteiger partial charge in [-0.2, -0.15) is 0 Å². The van der Waals surface area contributed by atoms with E-state index in [4.69, 9.17) is 0 Å². The number of hydrogen-bond acceptors (Lipinski definition) is 2. The van der Waals surface area contributed by atoms with Crippen LogP contribution in [0.3, 0.4) is 0 Å². The average molecular weight is 252 g/mol. The fourth-order valence-corrected chi connectivity index (χ4v) is 3.32. The molecule has 0 bridgehead atoms. The monoisotopic (exact) mass is 252 g/mol. The molecule has 1 amide bonds. The summed E-state index contributed by atoms with van der Waals surface area (Å²) in [7, 11) is 0. The molecule has 0 aromatic heterocycles. The minimum absolute atomic E-state index is 0.361. The lowest BCUT2D eigenvalue weighted by atomic mass is 9.86. The number of carbonyl (C=O) groups excluding carboxylic acids is 1. The second-order valence-electron chi connectivity index (χ2n) is 6.25. The lowest BCUT2D eigenvalue weighted by molar-refractivity contribution is -0.135. The van der Waals surface area contributed by atoms with Gasteiger partial charge in [0.15, 0.2) is 0 Å². The van der Waals surface area contributed by atoms with E-state index in [0.29, 0.717) is 18.0 Å². The molecule has 2 unspecified atom stereocenters. The molecule has 1 aliphatic carbocycles. The Morgan fingerprint density at radius 1 is 1.22 bits per heavy atom. The molecule has 104 valence electrons. The van der Waals surface area contributed by atoms with Crippen LogP contribution in [0.5, 0.6) is 0 Å². The maximum absolute atomic E-state index is 12.3. The summed E-state index contributed by atoms with van der Waals surface area (Å²) >= 11 is 0. The van der Waals surface area contributed by atoms with Gasteiger partial charge in [-0.3, -0.25) is 4.79 Å². The highest BCUT2D eigenvalue weighted by Gasteiger charge is 2.26. The number of hydrogen-bond donors (Lipinski definition) is 1. The molecule has 18 heavy (non-hydrogen) atoms. The van der Waals surface area contributed by atoms with E-state index in [9.17, 15) is 4.79 Å². The van der Waals surface area contributed by atoms with E-state index >= 15 is 0 Å². The first-order valence-corrected chi connectivity index (χ1v) is 7.69. The number of amides is 1. The molecular formula is C15H28N2O. The second kappa shape index (κ2) is 6.55. The second-order valence-corrected chi connectivity index (χ2v) is 6.25. The summed E-state index contributed by atoms with van der Waals surface area (Å²) in [5.74, 6) is 1.19. The largest absolute Gasteiger partial charge is 0.337 e. The normalized spacial score (nSPS) is 30.4. The molecule has 1 saturated carbocycles. The predicted molar refractivity (Wildman–Crippen MR) is 74.4 cm³/mol. The van der Waals surface area contributed by atoms with Crippen molar-refractivity contribution in [3.8, 4) is 0 Å². The Labute approximate surface area is 111 Å². The van der Waals surface area contributed by atoms with Crippen molar-refractivity contribution >= 4 is 5.91 Å². The van der Waals surface area contributed by atoms with Gasteiger partial charge in [-0.05, 0) is 26.2 Å². The lowest BCUT2D eigenvalue weighted by Gasteiger charge is -2.38. The van der Waals surface area contributed by atoms with Crippen molar-refractivity contribution in [2.45, 2.75) is 70.9 Å². The number of piperazine rings is 1. The number of rotatable bonds is 3. The van der Waals surface area contributed by atoms with Crippen LogP contribution in [0.2, 0.25) is 0 Å². The highest BCUT2D eigenvalue weighted by atomic mass is 16.2. The van der Waals surface area contributed by atoms with Crippen LogP contribution in [-0.2, 0) is 4.79 Å². The Balaban J connectivity index is 1.75. The average Bonchev–Trinajstić information content (AvgIpc) is 2.40. The van der Waals surface area contributed by atoms with Crippen molar-refractivity contribution in [1.29, 1.82) is 0 Å². The summed E-state index contributed by atoms with van der Waals surface area (Å²) in [5.41, 5.74) is 0. The van der Waals surface area contributed by atoms with Crippen LogP contribution in [0.15, 0.2) is 0 Å². The van der Waals surface area contributed by atoms with Crippen LogP contribution < -0.4 is 5.32 Å². The Morgan fingerprint density at radius 3 is 2.67 bits per heavy atom. The highest BCUT2D eigenvalue weighted by Crippen LogP contribution is 2.27. The van der Waals surface area contributed by atoms with Gasteiger partial charge in [0.25, 0.3) is 0 Å². The van der Waals surface area contributed by atoms with Crippen LogP contribution in [0.1, 0.15) is 58.8 Å². The third-order valence-electron chi connectivity index (χ3n) is 4.58. The molecule has 2 aliphatic rings. The van der Waals surface area contributed by atoms with Crippen LogP contribution in [0, 0.1) is 5.92 Å². The standard InChI is InChI=1S/C15H28N2O/c1-12-11-17(13(2)10-16-12)15(18)9-8-14-6-4-3-5-7-14/h12-14,16H,3-11H2,1-2H3. The van der Waals surface area contributed by atoms with Crippen molar-refractivity contribution in [2.24, 2.45) is 5.92 Å². The molecule has 1 aliphatic heterocycles. The van der Waals surface area contributed by atoms with Gasteiger partial charge in [-0.25, -0.2) is 0 Å². The molecule has 0 radical (unpaired) electrons. The van der Waals surface area contributed by atoms with Crippen molar-refractivity contribution in [2.75, 3.05) is 13.1 Å². The molecule has 0 spiro atoms. The van der Waals surface area contributed by atoms with E-state index in [-0.39, 0.29) is 0 Å². The maximum atomic E-state index is 12.3. The van der Waals surface area contributed by atoms with Gasteiger partial charge in [0, 0.05) is 31.6 Å². The van der Waals surface area contributed by atoms with Crippen molar-refractivity contribution in [1.82, 2.24) is 10.2 Å². The zero-order valence-corrected chi connectivity index (χ0v) is 12.0. The summed E-state index contributed by atoms with van der Waals surface area (Å²) in [6.07, 6.45) is 8.73. The quantitative estimate of drug-likeness (QED) is 0.837. The molecular weight excluding hydrogens is 224 g/mol. The molecule has 1 saturated heterocycles. The zero-order chi connectivity index (χ0) is 13.0. The van der Waals surface area contributed by atoms with E-state index in [1.165, 1.54) is 32.1 Å². The van der Waals surface area contributed by atoms with Crippen LogP contribution in [-0.4, -0.2) is 36.0 Å². The van der Waals surface area contributed by atoms with Crippen molar-refractivity contribution in [3.05, 3.63) is 0 Å². The summed E-state index contributed by atoms with van der Waals surface area (Å²) in [4.78, 5) is 14.4. The molecule has 2 fully saturated rings. The van der Waals surface area contributed by atoms with Crippen molar-refractivity contribution in [3.63, 3.8) is 0 Å². The molecule has 3 nitrogen and oxygen atoms in total. The molecule has 3 heteroatoms. The highest BCUT2D eigenvalue weighted by molar-refractivity contribution is 5.76. The zero-order valence-electron chi connectivity index (χ0n) is 12.0. The lowest BCUT2D eigenvalue weighted by Crippen LogP contribution is -2.56. The number of nitrogens with zero attached hydrogens (tertiary/aromatic N) is 1. The fourth-order valence-electron chi connectivity index (χ4n) is 3.32. The maximum Gasteiger partial charge on any atom is 0.222 e. The summed E-state index contributed by atoms with van der Waals surface area (Å²) in [6, 6.07) is 0.805. The molecule has 1 N–H and O–H groups in total. The topological polar surface area (TPSA) is 32.3 Å². The minimum Gasteiger partial charge on any atom is -0.337 e. The van der Waals surface area contributed by atoms with Crippen molar-refractivity contribution < 1.29 is 4.79 Å². The number of carbonyl (C=O) groups is 1. The van der Waals surface area contributed by atoms with Gasteiger partial charge in [0.1, 0.15) is 0 Å². The third kappa shape index (κ3) is 3.71. The van der Waals surface area contributed by atoms with Gasteiger partial charge in [-0.15, -0.1) is 0 Å². The summed E-state index contributed by atoms with van der Waals surface area (Å²) in [6.45, 7) is 6.13. The van der Waals surface area contributed by atoms with E-state index in [2.05, 4.69) is 24.1 Å². The Morgan fingerprint density at radius 2 is 1.94 bits per heavy atom. The third-order valence-corrected chi connectivity index (χ3v) is 4.58. The first-order valence-electron chi connectivity index (χ1n) is 7.69. The van der Waals surface area contributed by atoms with Crippen LogP contribution >= 0.6 is 0 Å². The SMILES string of the molecule is CC1CN(C(=O)CCC2CCCCC2)C(C)CN1. The molecule has 2 atom stereocenters. The van der Waals surface area contributed by atoms with Gasteiger partial charge in [-0.1, -0.05) is 32.1 Å². The Hall–Kier alpha value is -0.570. The van der Waals surface area contributed by atoms with Crippen LogP contribution in [0.4, 0.5) is 0 Å². The molecule has 2 rings (SSSR count). The first kappa shape index (κ1) is 13.9.